The third-order valence-electron chi connectivity index (χ3n) is 3.59. The Labute approximate surface area is 105 Å². The van der Waals surface area contributed by atoms with Gasteiger partial charge in [-0.15, -0.1) is 0 Å². The maximum absolute atomic E-state index is 13.8. The lowest BCUT2D eigenvalue weighted by molar-refractivity contribution is 0.445. The second kappa shape index (κ2) is 4.61. The van der Waals surface area contributed by atoms with Gasteiger partial charge in [-0.25, -0.2) is 14.4 Å². The van der Waals surface area contributed by atoms with Crippen molar-refractivity contribution in [1.82, 2.24) is 15.3 Å². The predicted molar refractivity (Wildman–Crippen MR) is 69.1 cm³/mol. The number of nitrogens with zero attached hydrogens (tertiary/aromatic N) is 2. The second-order valence-electron chi connectivity index (χ2n) is 4.83. The molecular formula is C14H16FN3. The largest absolute Gasteiger partial charge is 0.317 e. The van der Waals surface area contributed by atoms with Crippen LogP contribution in [0.3, 0.4) is 0 Å². The Bertz CT molecular complexity index is 577. The minimum Gasteiger partial charge on any atom is -0.317 e. The van der Waals surface area contributed by atoms with E-state index in [1.54, 1.807) is 6.07 Å². The van der Waals surface area contributed by atoms with Crippen molar-refractivity contribution in [2.45, 2.75) is 25.7 Å². The summed E-state index contributed by atoms with van der Waals surface area (Å²) < 4.78 is 13.8. The fourth-order valence-corrected chi connectivity index (χ4v) is 2.56. The average molecular weight is 245 g/mol. The van der Waals surface area contributed by atoms with Gasteiger partial charge in [0, 0.05) is 17.0 Å². The van der Waals surface area contributed by atoms with Gasteiger partial charge in [0.05, 0.1) is 0 Å². The lowest BCUT2D eigenvalue weighted by Crippen LogP contribution is -2.27. The number of aryl methyl sites for hydroxylation is 1. The summed E-state index contributed by atoms with van der Waals surface area (Å²) in [6.07, 6.45) is 2.05. The van der Waals surface area contributed by atoms with Gasteiger partial charge in [-0.2, -0.15) is 0 Å². The number of aromatic nitrogens is 2. The highest BCUT2D eigenvalue weighted by molar-refractivity contribution is 5.81. The van der Waals surface area contributed by atoms with Crippen LogP contribution in [0.2, 0.25) is 0 Å². The van der Waals surface area contributed by atoms with Crippen molar-refractivity contribution in [3.8, 4) is 0 Å². The summed E-state index contributed by atoms with van der Waals surface area (Å²) in [5.41, 5.74) is 1.33. The molecule has 1 aromatic heterocycles. The molecule has 1 aliphatic heterocycles. The highest BCUT2D eigenvalue weighted by atomic mass is 19.1. The Kier molecular flexibility index (Phi) is 2.96. The van der Waals surface area contributed by atoms with Gasteiger partial charge in [0.25, 0.3) is 0 Å². The Morgan fingerprint density at radius 1 is 1.22 bits per heavy atom. The summed E-state index contributed by atoms with van der Waals surface area (Å²) in [5.74, 6) is 0.897. The number of para-hydroxylation sites is 1. The van der Waals surface area contributed by atoms with E-state index < -0.39 is 0 Å². The van der Waals surface area contributed by atoms with E-state index in [-0.39, 0.29) is 5.82 Å². The predicted octanol–water partition coefficient (Wildman–Crippen LogP) is 2.54. The van der Waals surface area contributed by atoms with Gasteiger partial charge in [0.15, 0.2) is 0 Å². The van der Waals surface area contributed by atoms with Crippen molar-refractivity contribution in [1.29, 1.82) is 0 Å². The summed E-state index contributed by atoms with van der Waals surface area (Å²) in [7, 11) is 0. The van der Waals surface area contributed by atoms with Crippen LogP contribution in [0.4, 0.5) is 4.39 Å². The molecule has 0 atom stereocenters. The van der Waals surface area contributed by atoms with Crippen molar-refractivity contribution in [2.75, 3.05) is 13.1 Å². The molecule has 0 unspecified atom stereocenters. The number of hydrogen-bond acceptors (Lipinski definition) is 3. The molecule has 0 bridgehead atoms. The first-order valence-electron chi connectivity index (χ1n) is 6.39. The van der Waals surface area contributed by atoms with Crippen LogP contribution in [0.15, 0.2) is 18.2 Å². The molecule has 1 aliphatic rings. The van der Waals surface area contributed by atoms with Crippen molar-refractivity contribution in [3.05, 3.63) is 35.5 Å². The van der Waals surface area contributed by atoms with Crippen molar-refractivity contribution in [2.24, 2.45) is 0 Å². The first-order valence-corrected chi connectivity index (χ1v) is 6.39. The molecule has 3 nitrogen and oxygen atoms in total. The van der Waals surface area contributed by atoms with Gasteiger partial charge in [-0.3, -0.25) is 0 Å². The minimum atomic E-state index is -0.256. The zero-order valence-corrected chi connectivity index (χ0v) is 10.4. The van der Waals surface area contributed by atoms with Gasteiger partial charge in [0.2, 0.25) is 0 Å². The number of benzene rings is 1. The van der Waals surface area contributed by atoms with Crippen LogP contribution in [0.25, 0.3) is 10.9 Å². The molecule has 1 aromatic carbocycles. The Balaban J connectivity index is 2.11. The Morgan fingerprint density at radius 3 is 2.78 bits per heavy atom. The van der Waals surface area contributed by atoms with Crippen molar-refractivity contribution >= 4 is 10.9 Å². The van der Waals surface area contributed by atoms with E-state index in [4.69, 9.17) is 0 Å². The van der Waals surface area contributed by atoms with E-state index in [0.29, 0.717) is 11.4 Å². The van der Waals surface area contributed by atoms with Crippen LogP contribution < -0.4 is 5.32 Å². The van der Waals surface area contributed by atoms with E-state index in [2.05, 4.69) is 15.3 Å². The fourth-order valence-electron chi connectivity index (χ4n) is 2.56. The van der Waals surface area contributed by atoms with Crippen LogP contribution >= 0.6 is 0 Å². The molecule has 1 saturated heterocycles. The summed E-state index contributed by atoms with van der Waals surface area (Å²) in [4.78, 5) is 9.01. The molecule has 0 aliphatic carbocycles. The molecular weight excluding hydrogens is 229 g/mol. The fraction of sp³-hybridized carbons (Fsp3) is 0.429. The molecule has 2 heterocycles. The van der Waals surface area contributed by atoms with Gasteiger partial charge in [0.1, 0.15) is 17.2 Å². The number of fused-ring (bicyclic) bond motifs is 1. The average Bonchev–Trinajstić information content (AvgIpc) is 2.41. The molecule has 1 fully saturated rings. The van der Waals surface area contributed by atoms with Crippen LogP contribution in [0.1, 0.15) is 30.3 Å². The highest BCUT2D eigenvalue weighted by Gasteiger charge is 2.19. The minimum absolute atomic E-state index is 0.256. The Hall–Kier alpha value is -1.55. The second-order valence-corrected chi connectivity index (χ2v) is 4.83. The van der Waals surface area contributed by atoms with Gasteiger partial charge < -0.3 is 5.32 Å². The molecule has 94 valence electrons. The number of hydrogen-bond donors (Lipinski definition) is 1. The third-order valence-corrected chi connectivity index (χ3v) is 3.59. The topological polar surface area (TPSA) is 37.8 Å². The third kappa shape index (κ3) is 1.97. The maximum atomic E-state index is 13.8. The first kappa shape index (κ1) is 11.5. The zero-order valence-electron chi connectivity index (χ0n) is 10.4. The van der Waals surface area contributed by atoms with Gasteiger partial charge >= 0.3 is 0 Å². The van der Waals surface area contributed by atoms with Gasteiger partial charge in [-0.05, 0) is 38.9 Å². The molecule has 1 N–H and O–H groups in total. The van der Waals surface area contributed by atoms with E-state index >= 15 is 0 Å². The summed E-state index contributed by atoms with van der Waals surface area (Å²) >= 11 is 0. The monoisotopic (exact) mass is 245 g/mol. The lowest BCUT2D eigenvalue weighted by Gasteiger charge is -2.21. The summed E-state index contributed by atoms with van der Waals surface area (Å²) in [6, 6.07) is 5.04. The lowest BCUT2D eigenvalue weighted by atomic mass is 9.97. The van der Waals surface area contributed by atoms with E-state index in [0.717, 1.165) is 42.8 Å². The molecule has 2 aromatic rings. The summed E-state index contributed by atoms with van der Waals surface area (Å²) in [5, 5.41) is 4.13. The number of piperidine rings is 1. The normalized spacial score (nSPS) is 17.2. The number of halogens is 1. The van der Waals surface area contributed by atoms with Crippen LogP contribution in [-0.2, 0) is 0 Å². The maximum Gasteiger partial charge on any atom is 0.149 e. The highest BCUT2D eigenvalue weighted by Crippen LogP contribution is 2.26. The molecule has 0 spiro atoms. The SMILES string of the molecule is Cc1nc(C2CCNCC2)nc2c(F)cccc12. The zero-order chi connectivity index (χ0) is 12.5. The molecule has 0 amide bonds. The van der Waals surface area contributed by atoms with E-state index in [9.17, 15) is 4.39 Å². The standard InChI is InChI=1S/C14H16FN3/c1-9-11-3-2-4-12(15)13(11)18-14(17-9)10-5-7-16-8-6-10/h2-4,10,16H,5-8H2,1H3. The molecule has 0 radical (unpaired) electrons. The van der Waals surface area contributed by atoms with E-state index in [1.165, 1.54) is 6.07 Å². The quantitative estimate of drug-likeness (QED) is 0.839. The Morgan fingerprint density at radius 2 is 2.00 bits per heavy atom. The van der Waals surface area contributed by atoms with Crippen LogP contribution in [0, 0.1) is 12.7 Å². The molecule has 3 rings (SSSR count). The first-order chi connectivity index (χ1) is 8.75. The smallest absolute Gasteiger partial charge is 0.149 e. The van der Waals surface area contributed by atoms with Gasteiger partial charge in [-0.1, -0.05) is 12.1 Å². The molecule has 0 saturated carbocycles. The van der Waals surface area contributed by atoms with Crippen LogP contribution in [0.5, 0.6) is 0 Å². The van der Waals surface area contributed by atoms with Crippen molar-refractivity contribution < 1.29 is 4.39 Å². The van der Waals surface area contributed by atoms with Crippen molar-refractivity contribution in [3.63, 3.8) is 0 Å². The van der Waals surface area contributed by atoms with Crippen LogP contribution in [-0.4, -0.2) is 23.1 Å². The van der Waals surface area contributed by atoms with E-state index in [1.807, 2.05) is 13.0 Å². The summed E-state index contributed by atoms with van der Waals surface area (Å²) in [6.45, 7) is 3.90. The molecule has 4 heteroatoms. The number of rotatable bonds is 1. The molecule has 18 heavy (non-hydrogen) atoms. The number of nitrogens with one attached hydrogen (secondary N) is 1.